The Kier molecular flexibility index (Phi) is 4.76. The maximum Gasteiger partial charge on any atom is 0.325 e. The molecule has 156 valence electrons. The van der Waals surface area contributed by atoms with Crippen molar-refractivity contribution in [1.29, 1.82) is 0 Å². The van der Waals surface area contributed by atoms with Crippen molar-refractivity contribution >= 4 is 23.5 Å². The molecular formula is C20H17F2N3O5. The first-order valence-corrected chi connectivity index (χ1v) is 9.07. The first kappa shape index (κ1) is 19.6. The summed E-state index contributed by atoms with van der Waals surface area (Å²) in [5.74, 6) is -2.14. The second-order valence-electron chi connectivity index (χ2n) is 6.98. The number of carbonyl (C=O) groups excluding carboxylic acids is 3. The molecule has 10 heteroatoms. The molecular weight excluding hydrogens is 400 g/mol. The summed E-state index contributed by atoms with van der Waals surface area (Å²) in [6.45, 7) is 1.61. The van der Waals surface area contributed by atoms with E-state index in [9.17, 15) is 23.2 Å². The molecule has 2 heterocycles. The molecule has 0 bridgehead atoms. The molecule has 4 rings (SSSR count). The Morgan fingerprint density at radius 3 is 2.63 bits per heavy atom. The summed E-state index contributed by atoms with van der Waals surface area (Å²) in [7, 11) is 0. The third-order valence-corrected chi connectivity index (χ3v) is 4.90. The van der Waals surface area contributed by atoms with Gasteiger partial charge in [-0.1, -0.05) is 6.07 Å². The Bertz CT molecular complexity index is 1060. The van der Waals surface area contributed by atoms with E-state index >= 15 is 0 Å². The number of benzene rings is 2. The number of imide groups is 1. The second-order valence-corrected chi connectivity index (χ2v) is 6.98. The van der Waals surface area contributed by atoms with Crippen LogP contribution in [0.4, 0.5) is 19.3 Å². The Balaban J connectivity index is 1.52. The van der Waals surface area contributed by atoms with Gasteiger partial charge in [-0.15, -0.1) is 0 Å². The van der Waals surface area contributed by atoms with Gasteiger partial charge in [-0.25, -0.2) is 13.6 Å². The van der Waals surface area contributed by atoms with Gasteiger partial charge >= 0.3 is 6.03 Å². The van der Waals surface area contributed by atoms with Gasteiger partial charge in [-0.3, -0.25) is 14.5 Å². The third-order valence-electron chi connectivity index (χ3n) is 4.90. The molecule has 2 N–H and O–H groups in total. The van der Waals surface area contributed by atoms with Crippen LogP contribution in [0, 0.1) is 11.6 Å². The fourth-order valence-corrected chi connectivity index (χ4v) is 3.32. The molecule has 30 heavy (non-hydrogen) atoms. The van der Waals surface area contributed by atoms with Crippen molar-refractivity contribution in [3.8, 4) is 11.5 Å². The molecule has 0 radical (unpaired) electrons. The molecule has 2 aliphatic heterocycles. The summed E-state index contributed by atoms with van der Waals surface area (Å²) in [4.78, 5) is 38.3. The number of carbonyl (C=O) groups is 3. The largest absolute Gasteiger partial charge is 0.486 e. The Morgan fingerprint density at radius 2 is 1.87 bits per heavy atom. The zero-order valence-corrected chi connectivity index (χ0v) is 15.8. The van der Waals surface area contributed by atoms with E-state index in [0.717, 1.165) is 18.2 Å². The molecule has 1 atom stereocenters. The van der Waals surface area contributed by atoms with Crippen molar-refractivity contribution in [2.24, 2.45) is 0 Å². The summed E-state index contributed by atoms with van der Waals surface area (Å²) in [5, 5.41) is 4.73. The van der Waals surface area contributed by atoms with Crippen molar-refractivity contribution in [3.05, 3.63) is 53.6 Å². The highest BCUT2D eigenvalue weighted by atomic mass is 19.1. The topological polar surface area (TPSA) is 97.0 Å². The highest BCUT2D eigenvalue weighted by Gasteiger charge is 2.49. The number of hydrogen-bond acceptors (Lipinski definition) is 5. The van der Waals surface area contributed by atoms with Crippen molar-refractivity contribution in [3.63, 3.8) is 0 Å². The first-order valence-electron chi connectivity index (χ1n) is 9.07. The fourth-order valence-electron chi connectivity index (χ4n) is 3.32. The Labute approximate surface area is 169 Å². The highest BCUT2D eigenvalue weighted by Crippen LogP contribution is 2.36. The average molecular weight is 417 g/mol. The Morgan fingerprint density at radius 1 is 1.13 bits per heavy atom. The lowest BCUT2D eigenvalue weighted by Gasteiger charge is -2.25. The van der Waals surface area contributed by atoms with Gasteiger partial charge in [0.25, 0.3) is 5.91 Å². The normalized spacial score (nSPS) is 20.2. The zero-order valence-electron chi connectivity index (χ0n) is 15.8. The second kappa shape index (κ2) is 7.29. The van der Waals surface area contributed by atoms with Crippen LogP contribution in [0.2, 0.25) is 0 Å². The van der Waals surface area contributed by atoms with Crippen LogP contribution in [0.3, 0.4) is 0 Å². The number of urea groups is 1. The predicted molar refractivity (Wildman–Crippen MR) is 100 cm³/mol. The maximum absolute atomic E-state index is 13.7. The van der Waals surface area contributed by atoms with Gasteiger partial charge in [0.15, 0.2) is 11.5 Å². The maximum atomic E-state index is 13.7. The van der Waals surface area contributed by atoms with Crippen molar-refractivity contribution in [1.82, 2.24) is 10.2 Å². The van der Waals surface area contributed by atoms with E-state index in [1.807, 2.05) is 0 Å². The van der Waals surface area contributed by atoms with E-state index in [-0.39, 0.29) is 5.69 Å². The molecule has 0 aromatic heterocycles. The van der Waals surface area contributed by atoms with Crippen LogP contribution >= 0.6 is 0 Å². The highest BCUT2D eigenvalue weighted by molar-refractivity contribution is 6.10. The molecule has 1 fully saturated rings. The van der Waals surface area contributed by atoms with Crippen molar-refractivity contribution in [2.45, 2.75) is 12.5 Å². The number of hydrogen-bond donors (Lipinski definition) is 2. The summed E-state index contributed by atoms with van der Waals surface area (Å²) in [5.41, 5.74) is -1.37. The molecule has 0 spiro atoms. The number of ether oxygens (including phenoxy) is 2. The van der Waals surface area contributed by atoms with Crippen LogP contribution in [0.25, 0.3) is 0 Å². The summed E-state index contributed by atoms with van der Waals surface area (Å²) in [6, 6.07) is 6.64. The lowest BCUT2D eigenvalue weighted by atomic mass is 9.91. The number of rotatable bonds is 4. The number of halogens is 2. The van der Waals surface area contributed by atoms with Gasteiger partial charge in [-0.05, 0) is 36.8 Å². The zero-order chi connectivity index (χ0) is 21.5. The van der Waals surface area contributed by atoms with Crippen LogP contribution in [-0.2, 0) is 15.1 Å². The SMILES string of the molecule is C[C@]1(c2ccc3c(c2)OCCO3)NC(=O)N(CC(=O)Nc2cc(F)ccc2F)C1=O. The van der Waals surface area contributed by atoms with Gasteiger partial charge in [0.05, 0.1) is 5.69 Å². The lowest BCUT2D eigenvalue weighted by Crippen LogP contribution is -2.42. The molecule has 0 aliphatic carbocycles. The Hall–Kier alpha value is -3.69. The number of fused-ring (bicyclic) bond motifs is 1. The predicted octanol–water partition coefficient (Wildman–Crippen LogP) is 2.14. The smallest absolute Gasteiger partial charge is 0.325 e. The van der Waals surface area contributed by atoms with E-state index < -0.39 is 41.6 Å². The van der Waals surface area contributed by atoms with E-state index in [2.05, 4.69) is 10.6 Å². The van der Waals surface area contributed by atoms with Crippen molar-refractivity contribution < 1.29 is 32.6 Å². The van der Waals surface area contributed by atoms with Gasteiger partial charge < -0.3 is 20.1 Å². The summed E-state index contributed by atoms with van der Waals surface area (Å²) < 4.78 is 38.0. The molecule has 2 aromatic carbocycles. The van der Waals surface area contributed by atoms with E-state index in [4.69, 9.17) is 9.47 Å². The van der Waals surface area contributed by atoms with Gasteiger partial charge in [0.1, 0.15) is 36.9 Å². The standard InChI is InChI=1S/C20H17F2N3O5/c1-20(11-2-5-15-16(8-11)30-7-6-29-15)18(27)25(19(28)24-20)10-17(26)23-14-9-12(21)3-4-13(14)22/h2-5,8-9H,6-7,10H2,1H3,(H,23,26)(H,24,28)/t20-/m1/s1. The molecule has 0 saturated carbocycles. The number of nitrogens with one attached hydrogen (secondary N) is 2. The van der Waals surface area contributed by atoms with E-state index in [1.54, 1.807) is 18.2 Å². The fraction of sp³-hybridized carbons (Fsp3) is 0.250. The molecule has 0 unspecified atom stereocenters. The van der Waals surface area contributed by atoms with Crippen LogP contribution in [0.15, 0.2) is 36.4 Å². The number of nitrogens with zero attached hydrogens (tertiary/aromatic N) is 1. The summed E-state index contributed by atoms with van der Waals surface area (Å²) >= 11 is 0. The minimum absolute atomic E-state index is 0.358. The number of amides is 4. The third kappa shape index (κ3) is 3.40. The molecule has 2 aliphatic rings. The number of anilines is 1. The van der Waals surface area contributed by atoms with Gasteiger partial charge in [0, 0.05) is 6.07 Å². The van der Waals surface area contributed by atoms with Gasteiger partial charge in [0.2, 0.25) is 5.91 Å². The van der Waals surface area contributed by atoms with Crippen LogP contribution in [0.5, 0.6) is 11.5 Å². The van der Waals surface area contributed by atoms with Crippen molar-refractivity contribution in [2.75, 3.05) is 25.1 Å². The quantitative estimate of drug-likeness (QED) is 0.743. The van der Waals surface area contributed by atoms with E-state index in [0.29, 0.717) is 35.2 Å². The molecule has 4 amide bonds. The van der Waals surface area contributed by atoms with Crippen LogP contribution in [-0.4, -0.2) is 42.5 Å². The van der Waals surface area contributed by atoms with E-state index in [1.165, 1.54) is 6.92 Å². The van der Waals surface area contributed by atoms with Crippen LogP contribution in [0.1, 0.15) is 12.5 Å². The summed E-state index contributed by atoms with van der Waals surface area (Å²) in [6.07, 6.45) is 0. The average Bonchev–Trinajstić information content (AvgIpc) is 2.94. The molecule has 1 saturated heterocycles. The monoisotopic (exact) mass is 417 g/mol. The van der Waals surface area contributed by atoms with Gasteiger partial charge in [-0.2, -0.15) is 0 Å². The molecule has 8 nitrogen and oxygen atoms in total. The minimum atomic E-state index is -1.43. The van der Waals surface area contributed by atoms with Crippen LogP contribution < -0.4 is 20.1 Å². The first-order chi connectivity index (χ1) is 14.3. The lowest BCUT2D eigenvalue weighted by molar-refractivity contribution is -0.133. The molecule has 2 aromatic rings. The minimum Gasteiger partial charge on any atom is -0.486 e.